The first kappa shape index (κ1) is 15.4. The third-order valence-electron chi connectivity index (χ3n) is 4.28. The van der Waals surface area contributed by atoms with Crippen molar-refractivity contribution in [1.82, 2.24) is 14.9 Å². The van der Waals surface area contributed by atoms with Gasteiger partial charge in [-0.3, -0.25) is 14.6 Å². The summed E-state index contributed by atoms with van der Waals surface area (Å²) in [6.07, 6.45) is 4.21. The van der Waals surface area contributed by atoms with E-state index < -0.39 is 0 Å². The first-order chi connectivity index (χ1) is 11.0. The van der Waals surface area contributed by atoms with E-state index in [-0.39, 0.29) is 29.5 Å². The van der Waals surface area contributed by atoms with Crippen LogP contribution in [0.5, 0.6) is 0 Å². The maximum atomic E-state index is 12.5. The summed E-state index contributed by atoms with van der Waals surface area (Å²) in [5, 5.41) is 12.5. The van der Waals surface area contributed by atoms with Gasteiger partial charge in [0.15, 0.2) is 0 Å². The van der Waals surface area contributed by atoms with E-state index in [1.807, 2.05) is 18.2 Å². The van der Waals surface area contributed by atoms with Crippen LogP contribution in [0.15, 0.2) is 47.5 Å². The Balaban J connectivity index is 1.82. The molecule has 6 heteroatoms. The molecule has 0 spiro atoms. The highest BCUT2D eigenvalue weighted by Gasteiger charge is 2.36. The van der Waals surface area contributed by atoms with E-state index in [1.165, 1.54) is 10.6 Å². The van der Waals surface area contributed by atoms with Crippen molar-refractivity contribution in [2.45, 2.75) is 25.0 Å². The fourth-order valence-corrected chi connectivity index (χ4v) is 2.81. The zero-order valence-electron chi connectivity index (χ0n) is 12.8. The van der Waals surface area contributed by atoms with Gasteiger partial charge in [-0.25, -0.2) is 0 Å². The lowest BCUT2D eigenvalue weighted by Crippen LogP contribution is -2.42. The number of nitrogens with one attached hydrogen (secondary N) is 1. The number of pyridine rings is 2. The summed E-state index contributed by atoms with van der Waals surface area (Å²) in [4.78, 5) is 28.5. The molecule has 2 aromatic heterocycles. The highest BCUT2D eigenvalue weighted by molar-refractivity contribution is 5.94. The Hall–Kier alpha value is -2.47. The number of carbonyl (C=O) groups excluding carboxylic acids is 1. The molecule has 6 nitrogen and oxygen atoms in total. The standard InChI is InChI=1S/C17H19N3O3/c1-20-7-5-11(10-15(20)22)17(23)19-16(12-8-13(21)9-12)14-4-2-3-6-18-14/h2-7,10,12-13,16,21H,8-9H2,1H3,(H,19,23)/t12?,13?,16-/m0/s1. The summed E-state index contributed by atoms with van der Waals surface area (Å²) in [6, 6.07) is 8.21. The van der Waals surface area contributed by atoms with Gasteiger partial charge in [0, 0.05) is 31.1 Å². The van der Waals surface area contributed by atoms with Crippen LogP contribution in [-0.2, 0) is 7.05 Å². The van der Waals surface area contributed by atoms with E-state index in [0.29, 0.717) is 18.4 Å². The molecule has 0 bridgehead atoms. The topological polar surface area (TPSA) is 84.2 Å². The molecule has 0 radical (unpaired) electrons. The van der Waals surface area contributed by atoms with E-state index in [2.05, 4.69) is 10.3 Å². The number of aromatic nitrogens is 2. The van der Waals surface area contributed by atoms with E-state index in [0.717, 1.165) is 5.69 Å². The Labute approximate surface area is 133 Å². The molecule has 3 rings (SSSR count). The second-order valence-corrected chi connectivity index (χ2v) is 5.96. The summed E-state index contributed by atoms with van der Waals surface area (Å²) in [6.45, 7) is 0. The molecule has 1 amide bonds. The molecule has 2 heterocycles. The quantitative estimate of drug-likeness (QED) is 0.883. The van der Waals surface area contributed by atoms with Crippen LogP contribution in [0.1, 0.15) is 34.9 Å². The molecule has 1 saturated carbocycles. The molecule has 0 unspecified atom stereocenters. The largest absolute Gasteiger partial charge is 0.393 e. The number of rotatable bonds is 4. The predicted molar refractivity (Wildman–Crippen MR) is 84.9 cm³/mol. The van der Waals surface area contributed by atoms with Crippen molar-refractivity contribution < 1.29 is 9.90 Å². The average Bonchev–Trinajstić information content (AvgIpc) is 2.53. The van der Waals surface area contributed by atoms with Gasteiger partial charge in [-0.2, -0.15) is 0 Å². The van der Waals surface area contributed by atoms with Crippen LogP contribution in [0, 0.1) is 5.92 Å². The Bertz CT molecular complexity index is 751. The number of hydrogen-bond acceptors (Lipinski definition) is 4. The van der Waals surface area contributed by atoms with Gasteiger partial charge in [-0.1, -0.05) is 6.07 Å². The molecule has 1 atom stereocenters. The molecule has 2 N–H and O–H groups in total. The monoisotopic (exact) mass is 313 g/mol. The Morgan fingerprint density at radius 3 is 2.78 bits per heavy atom. The van der Waals surface area contributed by atoms with Crippen LogP contribution < -0.4 is 10.9 Å². The summed E-state index contributed by atoms with van der Waals surface area (Å²) in [5.41, 5.74) is 0.863. The van der Waals surface area contributed by atoms with Crippen LogP contribution in [-0.4, -0.2) is 26.7 Å². The van der Waals surface area contributed by atoms with Crippen LogP contribution >= 0.6 is 0 Å². The molecule has 1 fully saturated rings. The van der Waals surface area contributed by atoms with Gasteiger partial charge in [0.2, 0.25) is 0 Å². The van der Waals surface area contributed by atoms with E-state index in [4.69, 9.17) is 0 Å². The van der Waals surface area contributed by atoms with E-state index in [1.54, 1.807) is 25.5 Å². The fourth-order valence-electron chi connectivity index (χ4n) is 2.81. The highest BCUT2D eigenvalue weighted by atomic mass is 16.3. The van der Waals surface area contributed by atoms with Gasteiger partial charge in [-0.05, 0) is 37.0 Å². The van der Waals surface area contributed by atoms with Gasteiger partial charge >= 0.3 is 0 Å². The second kappa shape index (κ2) is 6.34. The molecule has 1 aliphatic rings. The SMILES string of the molecule is Cn1ccc(C(=O)N[C@H](c2ccccn2)C2CC(O)C2)cc1=O. The zero-order valence-corrected chi connectivity index (χ0v) is 12.8. The second-order valence-electron chi connectivity index (χ2n) is 5.96. The maximum Gasteiger partial charge on any atom is 0.252 e. The van der Waals surface area contributed by atoms with Crippen LogP contribution in [0.25, 0.3) is 0 Å². The van der Waals surface area contributed by atoms with Crippen LogP contribution in [0.4, 0.5) is 0 Å². The molecule has 0 aromatic carbocycles. The van der Waals surface area contributed by atoms with Crippen molar-refractivity contribution >= 4 is 5.91 Å². The number of amides is 1. The van der Waals surface area contributed by atoms with Gasteiger partial charge < -0.3 is 15.0 Å². The summed E-state index contributed by atoms with van der Waals surface area (Å²) in [7, 11) is 1.64. The molecule has 0 saturated heterocycles. The van der Waals surface area contributed by atoms with Crippen molar-refractivity contribution in [2.75, 3.05) is 0 Å². The van der Waals surface area contributed by atoms with Crippen LogP contribution in [0.2, 0.25) is 0 Å². The van der Waals surface area contributed by atoms with E-state index >= 15 is 0 Å². The molecule has 1 aliphatic carbocycles. The van der Waals surface area contributed by atoms with E-state index in [9.17, 15) is 14.7 Å². The number of nitrogens with zero attached hydrogens (tertiary/aromatic N) is 2. The minimum atomic E-state index is -0.313. The lowest BCUT2D eigenvalue weighted by Gasteiger charge is -2.37. The summed E-state index contributed by atoms with van der Waals surface area (Å²) < 4.78 is 1.41. The van der Waals surface area contributed by atoms with Gasteiger partial charge in [0.1, 0.15) is 0 Å². The summed E-state index contributed by atoms with van der Waals surface area (Å²) in [5.74, 6) is -0.157. The zero-order chi connectivity index (χ0) is 16.4. The van der Waals surface area contributed by atoms with Crippen molar-refractivity contribution in [3.05, 3.63) is 64.3 Å². The normalized spacial score (nSPS) is 21.3. The van der Waals surface area contributed by atoms with Crippen molar-refractivity contribution in [3.8, 4) is 0 Å². The smallest absolute Gasteiger partial charge is 0.252 e. The third kappa shape index (κ3) is 3.32. The predicted octanol–water partition coefficient (Wildman–Crippen LogP) is 1.02. The van der Waals surface area contributed by atoms with Crippen molar-refractivity contribution in [2.24, 2.45) is 13.0 Å². The van der Waals surface area contributed by atoms with Crippen molar-refractivity contribution in [1.29, 1.82) is 0 Å². The molecular formula is C17H19N3O3. The highest BCUT2D eigenvalue weighted by Crippen LogP contribution is 2.37. The number of aryl methyl sites for hydroxylation is 1. The lowest BCUT2D eigenvalue weighted by atomic mass is 9.76. The number of hydrogen-bond donors (Lipinski definition) is 2. The van der Waals surface area contributed by atoms with Gasteiger partial charge in [-0.15, -0.1) is 0 Å². The Kier molecular flexibility index (Phi) is 4.25. The molecular weight excluding hydrogens is 294 g/mol. The molecule has 2 aromatic rings. The number of carbonyl (C=O) groups is 1. The minimum Gasteiger partial charge on any atom is -0.393 e. The minimum absolute atomic E-state index is 0.149. The third-order valence-corrected chi connectivity index (χ3v) is 4.28. The molecule has 0 aliphatic heterocycles. The van der Waals surface area contributed by atoms with Crippen LogP contribution in [0.3, 0.4) is 0 Å². The molecule has 120 valence electrons. The first-order valence-electron chi connectivity index (χ1n) is 7.61. The average molecular weight is 313 g/mol. The Morgan fingerprint density at radius 2 is 2.17 bits per heavy atom. The number of aliphatic hydroxyl groups excluding tert-OH is 1. The summed E-state index contributed by atoms with van der Waals surface area (Å²) >= 11 is 0. The van der Waals surface area contributed by atoms with Gasteiger partial charge in [0.05, 0.1) is 17.8 Å². The van der Waals surface area contributed by atoms with Gasteiger partial charge in [0.25, 0.3) is 11.5 Å². The fraction of sp³-hybridized carbons (Fsp3) is 0.353. The van der Waals surface area contributed by atoms with Crippen molar-refractivity contribution in [3.63, 3.8) is 0 Å². The number of aliphatic hydroxyl groups is 1. The lowest BCUT2D eigenvalue weighted by molar-refractivity contribution is 0.0228. The first-order valence-corrected chi connectivity index (χ1v) is 7.61. The Morgan fingerprint density at radius 1 is 1.39 bits per heavy atom. The molecule has 23 heavy (non-hydrogen) atoms. The maximum absolute atomic E-state index is 12.5.